The van der Waals surface area contributed by atoms with Crippen LogP contribution in [0.3, 0.4) is 0 Å². The highest BCUT2D eigenvalue weighted by Gasteiger charge is 2.25. The lowest BCUT2D eigenvalue weighted by molar-refractivity contribution is 0.287. The van der Waals surface area contributed by atoms with Crippen LogP contribution in [0.4, 0.5) is 14.5 Å². The average Bonchev–Trinajstić information content (AvgIpc) is 3.24. The summed E-state index contributed by atoms with van der Waals surface area (Å²) in [5, 5.41) is 0. The molecule has 5 rings (SSSR count). The number of ether oxygens (including phenoxy) is 1. The van der Waals surface area contributed by atoms with E-state index in [1.807, 2.05) is 13.8 Å². The van der Waals surface area contributed by atoms with E-state index < -0.39 is 11.6 Å². The van der Waals surface area contributed by atoms with Crippen LogP contribution in [0.25, 0.3) is 17.3 Å². The maximum Gasteiger partial charge on any atom is 0.178 e. The number of hydrogen-bond acceptors (Lipinski definition) is 4. The highest BCUT2D eigenvalue weighted by atomic mass is 19.1. The Balaban J connectivity index is 1.52. The number of hydrogen-bond donors (Lipinski definition) is 0. The van der Waals surface area contributed by atoms with Gasteiger partial charge in [0.05, 0.1) is 18.4 Å². The summed E-state index contributed by atoms with van der Waals surface area (Å²) in [6, 6.07) is 7.50. The smallest absolute Gasteiger partial charge is 0.178 e. The van der Waals surface area contributed by atoms with E-state index in [0.717, 1.165) is 12.0 Å². The Labute approximate surface area is 186 Å². The third kappa shape index (κ3) is 3.64. The van der Waals surface area contributed by atoms with Crippen LogP contribution in [0.15, 0.2) is 36.5 Å². The number of aromatic nitrogens is 2. The van der Waals surface area contributed by atoms with Gasteiger partial charge in [0.1, 0.15) is 18.1 Å². The van der Waals surface area contributed by atoms with E-state index in [4.69, 9.17) is 4.74 Å². The van der Waals surface area contributed by atoms with Gasteiger partial charge in [-0.2, -0.15) is 0 Å². The first kappa shape index (κ1) is 20.6. The molecule has 0 radical (unpaired) electrons. The third-order valence-corrected chi connectivity index (χ3v) is 6.12. The Hall–Kier alpha value is -3.28. The van der Waals surface area contributed by atoms with Crippen molar-refractivity contribution in [2.24, 2.45) is 0 Å². The van der Waals surface area contributed by atoms with Gasteiger partial charge in [-0.25, -0.2) is 18.7 Å². The van der Waals surface area contributed by atoms with Crippen molar-refractivity contribution in [1.82, 2.24) is 9.97 Å². The number of halogens is 2. The lowest BCUT2D eigenvalue weighted by Crippen LogP contribution is -2.38. The molecular formula is C26H25F2N3O. The number of anilines is 1. The van der Waals surface area contributed by atoms with Gasteiger partial charge in [-0.1, -0.05) is 24.3 Å². The molecule has 0 N–H and O–H groups in total. The first-order valence-corrected chi connectivity index (χ1v) is 10.9. The van der Waals surface area contributed by atoms with Crippen LogP contribution in [-0.2, 0) is 12.8 Å². The van der Waals surface area contributed by atoms with Gasteiger partial charge in [-0.05, 0) is 61.6 Å². The molecule has 1 aromatic heterocycles. The number of rotatable bonds is 4. The summed E-state index contributed by atoms with van der Waals surface area (Å²) >= 11 is 0. The number of aryl methyl sites for hydroxylation is 1. The SMILES string of the molecule is Cc1cc(Cc2ncc(F)c(-c3cc(F)c4c(c3)N(C(C)C)CCO4)n2)cc2c1C=CC2. The summed E-state index contributed by atoms with van der Waals surface area (Å²) in [4.78, 5) is 10.8. The molecule has 2 heterocycles. The minimum Gasteiger partial charge on any atom is -0.486 e. The zero-order valence-corrected chi connectivity index (χ0v) is 18.5. The van der Waals surface area contributed by atoms with Crippen LogP contribution in [0.1, 0.15) is 41.9 Å². The van der Waals surface area contributed by atoms with Crippen LogP contribution in [-0.4, -0.2) is 29.2 Å². The van der Waals surface area contributed by atoms with E-state index in [1.54, 1.807) is 6.07 Å². The Morgan fingerprint density at radius 1 is 1.12 bits per heavy atom. The van der Waals surface area contributed by atoms with Gasteiger partial charge in [0.15, 0.2) is 17.4 Å². The van der Waals surface area contributed by atoms with Crippen LogP contribution >= 0.6 is 0 Å². The predicted octanol–water partition coefficient (Wildman–Crippen LogP) is 5.50. The van der Waals surface area contributed by atoms with Gasteiger partial charge < -0.3 is 9.64 Å². The first-order chi connectivity index (χ1) is 15.4. The molecule has 3 aromatic rings. The minimum absolute atomic E-state index is 0.102. The molecule has 32 heavy (non-hydrogen) atoms. The zero-order valence-electron chi connectivity index (χ0n) is 18.5. The Morgan fingerprint density at radius 3 is 2.78 bits per heavy atom. The lowest BCUT2D eigenvalue weighted by atomic mass is 9.98. The van der Waals surface area contributed by atoms with Crippen molar-refractivity contribution in [3.63, 3.8) is 0 Å². The molecule has 1 aliphatic carbocycles. The molecule has 0 saturated heterocycles. The van der Waals surface area contributed by atoms with Gasteiger partial charge >= 0.3 is 0 Å². The molecule has 2 aromatic carbocycles. The summed E-state index contributed by atoms with van der Waals surface area (Å²) < 4.78 is 35.2. The van der Waals surface area contributed by atoms with Crippen molar-refractivity contribution in [2.45, 2.75) is 39.7 Å². The van der Waals surface area contributed by atoms with Crippen LogP contribution in [0, 0.1) is 18.6 Å². The second kappa shape index (κ2) is 8.01. The van der Waals surface area contributed by atoms with Crippen molar-refractivity contribution in [2.75, 3.05) is 18.1 Å². The van der Waals surface area contributed by atoms with E-state index in [1.165, 1.54) is 29.0 Å². The summed E-state index contributed by atoms with van der Waals surface area (Å²) in [6.45, 7) is 7.24. The quantitative estimate of drug-likeness (QED) is 0.545. The summed E-state index contributed by atoms with van der Waals surface area (Å²) in [6.07, 6.45) is 6.88. The molecule has 0 spiro atoms. The van der Waals surface area contributed by atoms with Gasteiger partial charge in [-0.3, -0.25) is 0 Å². The van der Waals surface area contributed by atoms with Crippen LogP contribution in [0.2, 0.25) is 0 Å². The lowest BCUT2D eigenvalue weighted by Gasteiger charge is -2.34. The van der Waals surface area contributed by atoms with E-state index >= 15 is 0 Å². The predicted molar refractivity (Wildman–Crippen MR) is 122 cm³/mol. The first-order valence-electron chi connectivity index (χ1n) is 10.9. The standard InChI is InChI=1S/C26H25F2N3O/c1-15(2)31-7-8-32-26-21(27)12-19(13-23(26)31)25-22(28)14-29-24(30-25)11-17-9-16(3)20-6-4-5-18(20)10-17/h4,6,9-10,12-15H,5,7-8,11H2,1-3H3. The fraction of sp³-hybridized carbons (Fsp3) is 0.308. The molecular weight excluding hydrogens is 408 g/mol. The molecule has 6 heteroatoms. The van der Waals surface area contributed by atoms with Crippen molar-refractivity contribution >= 4 is 11.8 Å². The molecule has 0 atom stereocenters. The molecule has 4 nitrogen and oxygen atoms in total. The van der Waals surface area contributed by atoms with E-state index in [2.05, 4.69) is 46.1 Å². The molecule has 0 bridgehead atoms. The largest absolute Gasteiger partial charge is 0.486 e. The van der Waals surface area contributed by atoms with Gasteiger partial charge in [0, 0.05) is 18.0 Å². The topological polar surface area (TPSA) is 38.2 Å². The maximum absolute atomic E-state index is 14.9. The highest BCUT2D eigenvalue weighted by molar-refractivity contribution is 5.72. The monoisotopic (exact) mass is 433 g/mol. The van der Waals surface area contributed by atoms with Crippen LogP contribution in [0.5, 0.6) is 5.75 Å². The minimum atomic E-state index is -0.574. The number of allylic oxidation sites excluding steroid dienone is 1. The van der Waals surface area contributed by atoms with E-state index in [-0.39, 0.29) is 17.5 Å². The Kier molecular flexibility index (Phi) is 5.16. The van der Waals surface area contributed by atoms with Crippen molar-refractivity contribution < 1.29 is 13.5 Å². The summed E-state index contributed by atoms with van der Waals surface area (Å²) in [5.74, 6) is -0.369. The molecule has 0 amide bonds. The molecule has 0 fully saturated rings. The van der Waals surface area contributed by atoms with Crippen molar-refractivity contribution in [1.29, 1.82) is 0 Å². The second-order valence-electron chi connectivity index (χ2n) is 8.69. The molecule has 1 aliphatic heterocycles. The number of fused-ring (bicyclic) bond motifs is 2. The molecule has 164 valence electrons. The summed E-state index contributed by atoms with van der Waals surface area (Å²) in [7, 11) is 0. The fourth-order valence-corrected chi connectivity index (χ4v) is 4.61. The Morgan fingerprint density at radius 2 is 1.97 bits per heavy atom. The fourth-order valence-electron chi connectivity index (χ4n) is 4.61. The second-order valence-corrected chi connectivity index (χ2v) is 8.69. The van der Waals surface area contributed by atoms with E-state index in [0.29, 0.717) is 36.6 Å². The zero-order chi connectivity index (χ0) is 22.4. The Bertz CT molecular complexity index is 1240. The highest BCUT2D eigenvalue weighted by Crippen LogP contribution is 2.39. The average molecular weight is 434 g/mol. The van der Waals surface area contributed by atoms with Gasteiger partial charge in [-0.15, -0.1) is 0 Å². The van der Waals surface area contributed by atoms with Crippen molar-refractivity contribution in [3.8, 4) is 17.0 Å². The molecule has 0 unspecified atom stereocenters. The van der Waals surface area contributed by atoms with Crippen molar-refractivity contribution in [3.05, 3.63) is 76.3 Å². The molecule has 0 saturated carbocycles. The number of benzene rings is 2. The normalized spacial score (nSPS) is 14.5. The van der Waals surface area contributed by atoms with E-state index in [9.17, 15) is 8.78 Å². The van der Waals surface area contributed by atoms with Gasteiger partial charge in [0.2, 0.25) is 0 Å². The van der Waals surface area contributed by atoms with Crippen LogP contribution < -0.4 is 9.64 Å². The third-order valence-electron chi connectivity index (χ3n) is 6.12. The number of nitrogens with zero attached hydrogens (tertiary/aromatic N) is 3. The maximum atomic E-state index is 14.9. The van der Waals surface area contributed by atoms with Gasteiger partial charge in [0.25, 0.3) is 0 Å². The summed E-state index contributed by atoms with van der Waals surface area (Å²) in [5.41, 5.74) is 5.96. The molecule has 2 aliphatic rings.